The third-order valence-electron chi connectivity index (χ3n) is 8.34. The second-order valence-corrected chi connectivity index (χ2v) is 13.6. The number of thiophene rings is 1. The first kappa shape index (κ1) is 38.1. The number of likely N-dealkylation sites (tertiary alicyclic amines) is 1. The molecule has 0 aliphatic carbocycles. The lowest BCUT2D eigenvalue weighted by Crippen LogP contribution is -2.36. The molecule has 4 aromatic rings. The van der Waals surface area contributed by atoms with Crippen LogP contribution >= 0.6 is 34.5 Å². The Morgan fingerprint density at radius 3 is 2.33 bits per heavy atom. The van der Waals surface area contributed by atoms with Crippen LogP contribution in [-0.4, -0.2) is 62.8 Å². The van der Waals surface area contributed by atoms with Crippen molar-refractivity contribution < 1.29 is 39.0 Å². The normalized spacial score (nSPS) is 14.7. The van der Waals surface area contributed by atoms with Gasteiger partial charge in [0.05, 0.1) is 20.6 Å². The van der Waals surface area contributed by atoms with Gasteiger partial charge in [0.2, 0.25) is 0 Å². The van der Waals surface area contributed by atoms with Gasteiger partial charge in [0.25, 0.3) is 0 Å². The Morgan fingerprint density at radius 1 is 0.959 bits per heavy atom. The molecule has 2 aromatic heterocycles. The summed E-state index contributed by atoms with van der Waals surface area (Å²) >= 11 is 14.3. The molecule has 1 saturated heterocycles. The first-order chi connectivity index (χ1) is 23.2. The van der Waals surface area contributed by atoms with Gasteiger partial charge in [-0.2, -0.15) is 0 Å². The monoisotopic (exact) mass is 729 g/mol. The van der Waals surface area contributed by atoms with Crippen molar-refractivity contribution in [2.45, 2.75) is 50.5 Å². The van der Waals surface area contributed by atoms with Gasteiger partial charge in [-0.3, -0.25) is 4.79 Å². The van der Waals surface area contributed by atoms with Crippen LogP contribution in [0.1, 0.15) is 62.6 Å². The highest BCUT2D eigenvalue weighted by molar-refractivity contribution is 7.13. The van der Waals surface area contributed by atoms with Crippen LogP contribution in [0.4, 0.5) is 0 Å². The standard InChI is InChI=1S/C36H39Cl2N3O6S.H2O/c1-41-15-13-25(14-16-41)46-35(42)19-30(23-7-5-4-6-8-23)40-20-26-10-12-34(48-26)36(43)47-32(18-27-28(37)21-39-22-29(27)38)24-9-11-31(44-2)33(17-24)45-3;/h4-12,17,21-22,25,30,32,40H,13-16,18-20H2,1-3H3;1H2/t30?,32-;/m0./s1. The lowest BCUT2D eigenvalue weighted by atomic mass is 10.0. The Morgan fingerprint density at radius 2 is 1.65 bits per heavy atom. The summed E-state index contributed by atoms with van der Waals surface area (Å²) < 4.78 is 22.9. The lowest BCUT2D eigenvalue weighted by molar-refractivity contribution is -0.377. The maximum Gasteiger partial charge on any atom is 0.348 e. The van der Waals surface area contributed by atoms with Crippen LogP contribution in [0.3, 0.4) is 0 Å². The van der Waals surface area contributed by atoms with Crippen molar-refractivity contribution in [1.29, 1.82) is 0 Å². The van der Waals surface area contributed by atoms with Gasteiger partial charge in [-0.15, -0.1) is 11.3 Å². The van der Waals surface area contributed by atoms with E-state index in [1.165, 1.54) is 11.3 Å². The third-order valence-corrected chi connectivity index (χ3v) is 10.1. The van der Waals surface area contributed by atoms with E-state index in [2.05, 4.69) is 22.2 Å². The number of nitrogens with zero attached hydrogens (tertiary/aromatic N) is 1. The van der Waals surface area contributed by atoms with Gasteiger partial charge in [-0.25, -0.2) is 9.78 Å². The number of carbonyl (C=O) groups excluding carboxylic acids is 2. The Labute approximate surface area is 300 Å². The maximum absolute atomic E-state index is 13.6. The van der Waals surface area contributed by atoms with Gasteiger partial charge in [0.15, 0.2) is 23.9 Å². The molecule has 0 saturated carbocycles. The lowest BCUT2D eigenvalue weighted by Gasteiger charge is -2.29. The second-order valence-electron chi connectivity index (χ2n) is 11.6. The highest BCUT2D eigenvalue weighted by Gasteiger charge is 2.26. The molecular weight excluding hydrogens is 689 g/mol. The summed E-state index contributed by atoms with van der Waals surface area (Å²) in [6, 6.07) is 18.6. The minimum atomic E-state index is -0.726. The molecule has 3 heterocycles. The number of H-pyrrole nitrogens is 1. The van der Waals surface area contributed by atoms with Crippen molar-refractivity contribution >= 4 is 46.5 Å². The Bertz CT molecular complexity index is 1660. The molecule has 0 spiro atoms. The average Bonchev–Trinajstić information content (AvgIpc) is 3.58. The van der Waals surface area contributed by atoms with E-state index in [0.29, 0.717) is 44.1 Å². The van der Waals surface area contributed by atoms with E-state index in [0.717, 1.165) is 36.4 Å². The molecule has 1 unspecified atom stereocenters. The summed E-state index contributed by atoms with van der Waals surface area (Å²) in [6.07, 6.45) is 4.61. The molecule has 1 aliphatic heterocycles. The zero-order valence-electron chi connectivity index (χ0n) is 27.6. The molecule has 262 valence electrons. The van der Waals surface area contributed by atoms with E-state index in [1.54, 1.807) is 44.8 Å². The molecule has 0 bridgehead atoms. The van der Waals surface area contributed by atoms with Gasteiger partial charge in [-0.05, 0) is 55.3 Å². The molecule has 1 fully saturated rings. The van der Waals surface area contributed by atoms with Gasteiger partial charge >= 0.3 is 11.9 Å². The molecule has 13 heteroatoms. The molecule has 0 amide bonds. The van der Waals surface area contributed by atoms with Crippen LogP contribution < -0.4 is 19.8 Å². The first-order valence-corrected chi connectivity index (χ1v) is 17.3. The van der Waals surface area contributed by atoms with E-state index >= 15 is 0 Å². The van der Waals surface area contributed by atoms with Crippen molar-refractivity contribution in [3.05, 3.63) is 110 Å². The van der Waals surface area contributed by atoms with Crippen molar-refractivity contribution in [2.75, 3.05) is 34.4 Å². The molecule has 10 nitrogen and oxygen atoms in total. The number of piperidine rings is 1. The molecule has 5 rings (SSSR count). The molecule has 0 radical (unpaired) electrons. The molecule has 3 N–H and O–H groups in total. The number of carbonyl (C=O) groups is 2. The van der Waals surface area contributed by atoms with Crippen molar-refractivity contribution in [2.24, 2.45) is 0 Å². The van der Waals surface area contributed by atoms with Gasteiger partial charge in [-0.1, -0.05) is 59.6 Å². The quantitative estimate of drug-likeness (QED) is 0.141. The van der Waals surface area contributed by atoms with Crippen LogP contribution in [0, 0.1) is 0 Å². The van der Waals surface area contributed by atoms with E-state index in [9.17, 15) is 9.59 Å². The summed E-state index contributed by atoms with van der Waals surface area (Å²) in [4.78, 5) is 33.1. The number of benzene rings is 2. The van der Waals surface area contributed by atoms with Crippen LogP contribution in [0.15, 0.2) is 73.1 Å². The number of aromatic amines is 1. The third kappa shape index (κ3) is 10.4. The maximum atomic E-state index is 13.6. The number of methoxy groups -OCH3 is 2. The van der Waals surface area contributed by atoms with Gasteiger partial charge < -0.3 is 34.6 Å². The summed E-state index contributed by atoms with van der Waals surface area (Å²) in [5.74, 6) is 0.347. The Hall–Kier alpha value is -3.71. The minimum Gasteiger partial charge on any atom is -0.870 e. The van der Waals surface area contributed by atoms with Gasteiger partial charge in [0, 0.05) is 42.5 Å². The molecule has 2 aromatic carbocycles. The number of rotatable bonds is 14. The van der Waals surface area contributed by atoms with Crippen LogP contribution in [-0.2, 0) is 27.2 Å². The number of pyridine rings is 1. The first-order valence-electron chi connectivity index (χ1n) is 15.8. The molecular formula is C36H41Cl2N3O7S. The number of ether oxygens (including phenoxy) is 4. The predicted molar refractivity (Wildman–Crippen MR) is 188 cm³/mol. The second kappa shape index (κ2) is 18.3. The van der Waals surface area contributed by atoms with Crippen LogP contribution in [0.5, 0.6) is 11.5 Å². The van der Waals surface area contributed by atoms with E-state index in [4.69, 9.17) is 42.1 Å². The van der Waals surface area contributed by atoms with Gasteiger partial charge in [0.1, 0.15) is 27.1 Å². The molecule has 49 heavy (non-hydrogen) atoms. The molecule has 1 aliphatic rings. The van der Waals surface area contributed by atoms with Crippen LogP contribution in [0.2, 0.25) is 10.0 Å². The topological polar surface area (TPSA) is 130 Å². The minimum absolute atomic E-state index is 0. The average molecular weight is 731 g/mol. The fourth-order valence-electron chi connectivity index (χ4n) is 5.63. The van der Waals surface area contributed by atoms with E-state index in [-0.39, 0.29) is 36.4 Å². The number of halogens is 2. The predicted octanol–water partition coefficient (Wildman–Crippen LogP) is 6.71. The number of hydrogen-bond acceptors (Lipinski definition) is 10. The zero-order valence-corrected chi connectivity index (χ0v) is 29.9. The highest BCUT2D eigenvalue weighted by atomic mass is 35.5. The summed E-state index contributed by atoms with van der Waals surface area (Å²) in [7, 11) is 5.18. The Balaban J connectivity index is 0.00000541. The fourth-order valence-corrected chi connectivity index (χ4v) is 7.00. The smallest absolute Gasteiger partial charge is 0.348 e. The van der Waals surface area contributed by atoms with Crippen LogP contribution in [0.25, 0.3) is 0 Å². The number of nitrogens with one attached hydrogen (secondary N) is 2. The van der Waals surface area contributed by atoms with Crippen molar-refractivity contribution in [3.8, 4) is 11.5 Å². The number of hydrogen-bond donors (Lipinski definition) is 1. The van der Waals surface area contributed by atoms with Crippen molar-refractivity contribution in [1.82, 2.24) is 10.2 Å². The van der Waals surface area contributed by atoms with E-state index in [1.807, 2.05) is 42.5 Å². The SMILES string of the molecule is COc1ccc([C@H](Cc2c(Cl)c[nH+]cc2Cl)OC(=O)c2ccc(CNC(CC(=O)OC3CCN(C)CC3)c3ccccc3)s2)cc1OC.[OH-]. The number of esters is 2. The van der Waals surface area contributed by atoms with Crippen molar-refractivity contribution in [3.63, 3.8) is 0 Å². The largest absolute Gasteiger partial charge is 0.870 e. The van der Waals surface area contributed by atoms with E-state index < -0.39 is 12.1 Å². The summed E-state index contributed by atoms with van der Waals surface area (Å²) in [6.45, 7) is 2.29. The fraction of sp³-hybridized carbons (Fsp3) is 0.361. The number of aromatic nitrogens is 1. The molecule has 2 atom stereocenters. The summed E-state index contributed by atoms with van der Waals surface area (Å²) in [5, 5.41) is 4.36. The Kier molecular flexibility index (Phi) is 14.3. The zero-order chi connectivity index (χ0) is 34.0. The summed E-state index contributed by atoms with van der Waals surface area (Å²) in [5.41, 5.74) is 2.32. The highest BCUT2D eigenvalue weighted by Crippen LogP contribution is 2.36.